The third-order valence-electron chi connectivity index (χ3n) is 4.37. The minimum absolute atomic E-state index is 0.662. The fraction of sp³-hybridized carbons (Fsp3) is 0.647. The van der Waals surface area contributed by atoms with E-state index >= 15 is 0 Å². The van der Waals surface area contributed by atoms with Crippen molar-refractivity contribution in [3.05, 3.63) is 33.8 Å². The van der Waals surface area contributed by atoms with E-state index in [-0.39, 0.29) is 0 Å². The molecule has 0 radical (unpaired) electrons. The molecule has 0 spiro atoms. The number of hydrogen-bond donors (Lipinski definition) is 0. The fourth-order valence-corrected chi connectivity index (χ4v) is 3.92. The first-order valence-electron chi connectivity index (χ1n) is 7.69. The van der Waals surface area contributed by atoms with Crippen molar-refractivity contribution in [1.82, 2.24) is 4.90 Å². The SMILES string of the molecule is CCCN(CCC)C1CCc2cc(Br)ccc2C1C. The highest BCUT2D eigenvalue weighted by molar-refractivity contribution is 9.10. The number of hydrogen-bond acceptors (Lipinski definition) is 1. The van der Waals surface area contributed by atoms with Gasteiger partial charge in [0, 0.05) is 10.5 Å². The van der Waals surface area contributed by atoms with E-state index in [1.807, 2.05) is 0 Å². The van der Waals surface area contributed by atoms with E-state index in [9.17, 15) is 0 Å². The zero-order valence-electron chi connectivity index (χ0n) is 12.5. The molecule has 0 amide bonds. The Morgan fingerprint density at radius 3 is 2.53 bits per heavy atom. The Labute approximate surface area is 126 Å². The second-order valence-corrected chi connectivity index (χ2v) is 6.69. The number of rotatable bonds is 5. The fourth-order valence-electron chi connectivity index (χ4n) is 3.51. The Balaban J connectivity index is 2.19. The second kappa shape index (κ2) is 6.90. The lowest BCUT2D eigenvalue weighted by Gasteiger charge is -2.39. The van der Waals surface area contributed by atoms with Gasteiger partial charge in [-0.15, -0.1) is 0 Å². The Morgan fingerprint density at radius 1 is 1.21 bits per heavy atom. The summed E-state index contributed by atoms with van der Waals surface area (Å²) < 4.78 is 1.22. The molecule has 0 fully saturated rings. The van der Waals surface area contributed by atoms with Gasteiger partial charge in [-0.2, -0.15) is 0 Å². The molecule has 0 N–H and O–H groups in total. The van der Waals surface area contributed by atoms with Crippen LogP contribution in [0.3, 0.4) is 0 Å². The van der Waals surface area contributed by atoms with Crippen LogP contribution in [-0.2, 0) is 6.42 Å². The van der Waals surface area contributed by atoms with E-state index in [1.54, 1.807) is 11.1 Å². The smallest absolute Gasteiger partial charge is 0.0178 e. The average molecular weight is 324 g/mol. The molecule has 0 aliphatic heterocycles. The van der Waals surface area contributed by atoms with Crippen molar-refractivity contribution in [2.24, 2.45) is 0 Å². The van der Waals surface area contributed by atoms with Gasteiger partial charge in [-0.05, 0) is 68.0 Å². The van der Waals surface area contributed by atoms with Crippen molar-refractivity contribution in [2.45, 2.75) is 58.4 Å². The maximum absolute atomic E-state index is 3.59. The van der Waals surface area contributed by atoms with Crippen molar-refractivity contribution in [3.8, 4) is 0 Å². The molecule has 2 rings (SSSR count). The molecular weight excluding hydrogens is 298 g/mol. The Bertz CT molecular complexity index is 410. The molecule has 0 bridgehead atoms. The van der Waals surface area contributed by atoms with Crippen LogP contribution < -0.4 is 0 Å². The van der Waals surface area contributed by atoms with Crippen LogP contribution in [0.15, 0.2) is 22.7 Å². The summed E-state index contributed by atoms with van der Waals surface area (Å²) >= 11 is 3.59. The predicted molar refractivity (Wildman–Crippen MR) is 86.8 cm³/mol. The molecule has 1 aliphatic carbocycles. The maximum Gasteiger partial charge on any atom is 0.0178 e. The van der Waals surface area contributed by atoms with Crippen LogP contribution in [0.1, 0.15) is 57.1 Å². The van der Waals surface area contributed by atoms with Crippen LogP contribution >= 0.6 is 15.9 Å². The summed E-state index contributed by atoms with van der Waals surface area (Å²) in [5.74, 6) is 0.662. The first-order chi connectivity index (χ1) is 9.17. The number of fused-ring (bicyclic) bond motifs is 1. The van der Waals surface area contributed by atoms with Crippen molar-refractivity contribution in [2.75, 3.05) is 13.1 Å². The third-order valence-corrected chi connectivity index (χ3v) is 4.87. The summed E-state index contributed by atoms with van der Waals surface area (Å²) in [6.07, 6.45) is 5.06. The summed E-state index contributed by atoms with van der Waals surface area (Å²) in [6.45, 7) is 9.49. The van der Waals surface area contributed by atoms with Crippen LogP contribution in [0, 0.1) is 0 Å². The summed E-state index contributed by atoms with van der Waals surface area (Å²) in [4.78, 5) is 2.72. The molecule has 2 heteroatoms. The Kier molecular flexibility index (Phi) is 5.47. The number of nitrogens with zero attached hydrogens (tertiary/aromatic N) is 1. The van der Waals surface area contributed by atoms with Crippen LogP contribution in [0.5, 0.6) is 0 Å². The van der Waals surface area contributed by atoms with E-state index in [4.69, 9.17) is 0 Å². The zero-order chi connectivity index (χ0) is 13.8. The van der Waals surface area contributed by atoms with Crippen molar-refractivity contribution < 1.29 is 0 Å². The van der Waals surface area contributed by atoms with Crippen molar-refractivity contribution in [3.63, 3.8) is 0 Å². The lowest BCUT2D eigenvalue weighted by Crippen LogP contribution is -2.42. The molecule has 1 aromatic carbocycles. The topological polar surface area (TPSA) is 3.24 Å². The molecule has 0 saturated carbocycles. The van der Waals surface area contributed by atoms with Gasteiger partial charge in [0.2, 0.25) is 0 Å². The van der Waals surface area contributed by atoms with E-state index in [2.05, 4.69) is 59.8 Å². The highest BCUT2D eigenvalue weighted by atomic mass is 79.9. The first-order valence-corrected chi connectivity index (χ1v) is 8.49. The molecule has 2 unspecified atom stereocenters. The Morgan fingerprint density at radius 2 is 1.89 bits per heavy atom. The molecule has 0 saturated heterocycles. The van der Waals surface area contributed by atoms with E-state index in [0.717, 1.165) is 6.04 Å². The summed E-state index contributed by atoms with van der Waals surface area (Å²) in [5.41, 5.74) is 3.11. The van der Waals surface area contributed by atoms with Gasteiger partial charge in [0.15, 0.2) is 0 Å². The molecular formula is C17H26BrN. The van der Waals surface area contributed by atoms with Gasteiger partial charge in [-0.25, -0.2) is 0 Å². The molecule has 0 heterocycles. The largest absolute Gasteiger partial charge is 0.300 e. The number of halogens is 1. The van der Waals surface area contributed by atoms with Crippen LogP contribution in [0.4, 0.5) is 0 Å². The van der Waals surface area contributed by atoms with E-state index in [0.29, 0.717) is 5.92 Å². The van der Waals surface area contributed by atoms with Gasteiger partial charge in [0.25, 0.3) is 0 Å². The lowest BCUT2D eigenvalue weighted by atomic mass is 9.79. The summed E-state index contributed by atoms with van der Waals surface area (Å²) in [5, 5.41) is 0. The standard InChI is InChI=1S/C17H26BrN/c1-4-10-19(11-5-2)17-9-6-14-12-15(18)7-8-16(14)13(17)3/h7-8,12-13,17H,4-6,9-11H2,1-3H3. The minimum Gasteiger partial charge on any atom is -0.300 e. The van der Waals surface area contributed by atoms with Crippen molar-refractivity contribution in [1.29, 1.82) is 0 Å². The highest BCUT2D eigenvalue weighted by Crippen LogP contribution is 2.35. The number of benzene rings is 1. The molecule has 0 aromatic heterocycles. The maximum atomic E-state index is 3.59. The second-order valence-electron chi connectivity index (χ2n) is 5.77. The number of aryl methyl sites for hydroxylation is 1. The molecule has 106 valence electrons. The van der Waals surface area contributed by atoms with Crippen LogP contribution in [0.25, 0.3) is 0 Å². The van der Waals surface area contributed by atoms with Gasteiger partial charge in [-0.3, -0.25) is 4.90 Å². The molecule has 1 nitrogen and oxygen atoms in total. The van der Waals surface area contributed by atoms with Crippen LogP contribution in [0.2, 0.25) is 0 Å². The highest BCUT2D eigenvalue weighted by Gasteiger charge is 2.29. The monoisotopic (exact) mass is 323 g/mol. The molecule has 1 aromatic rings. The quantitative estimate of drug-likeness (QED) is 0.737. The Hall–Kier alpha value is -0.340. The molecule has 2 atom stereocenters. The van der Waals surface area contributed by atoms with E-state index in [1.165, 1.54) is 43.2 Å². The first kappa shape index (κ1) is 15.1. The van der Waals surface area contributed by atoms with Gasteiger partial charge < -0.3 is 0 Å². The lowest BCUT2D eigenvalue weighted by molar-refractivity contribution is 0.159. The van der Waals surface area contributed by atoms with Gasteiger partial charge >= 0.3 is 0 Å². The van der Waals surface area contributed by atoms with Crippen molar-refractivity contribution >= 4 is 15.9 Å². The molecule has 19 heavy (non-hydrogen) atoms. The summed E-state index contributed by atoms with van der Waals surface area (Å²) in [6, 6.07) is 7.56. The zero-order valence-corrected chi connectivity index (χ0v) is 14.0. The molecule has 1 aliphatic rings. The van der Waals surface area contributed by atoms with Gasteiger partial charge in [0.1, 0.15) is 0 Å². The minimum atomic E-state index is 0.662. The normalized spacial score (nSPS) is 22.6. The average Bonchev–Trinajstić information content (AvgIpc) is 2.39. The summed E-state index contributed by atoms with van der Waals surface area (Å²) in [7, 11) is 0. The van der Waals surface area contributed by atoms with E-state index < -0.39 is 0 Å². The van der Waals surface area contributed by atoms with Gasteiger partial charge in [-0.1, -0.05) is 42.8 Å². The predicted octanol–water partition coefficient (Wildman–Crippen LogP) is 4.99. The van der Waals surface area contributed by atoms with Crippen LogP contribution in [-0.4, -0.2) is 24.0 Å². The third kappa shape index (κ3) is 3.41. The van der Waals surface area contributed by atoms with Gasteiger partial charge in [0.05, 0.1) is 0 Å².